The summed E-state index contributed by atoms with van der Waals surface area (Å²) in [5.74, 6) is -0.873. The van der Waals surface area contributed by atoms with Gasteiger partial charge in [-0.25, -0.2) is 13.0 Å². The molecule has 0 radical (unpaired) electrons. The Labute approximate surface area is 137 Å². The predicted molar refractivity (Wildman–Crippen MR) is 86.1 cm³/mol. The van der Waals surface area contributed by atoms with Gasteiger partial charge in [-0.2, -0.15) is 0 Å². The zero-order chi connectivity index (χ0) is 16.0. The van der Waals surface area contributed by atoms with E-state index in [2.05, 4.69) is 0 Å². The van der Waals surface area contributed by atoms with E-state index in [-0.39, 0.29) is 0 Å². The van der Waals surface area contributed by atoms with Crippen molar-refractivity contribution in [1.82, 2.24) is 0 Å². The van der Waals surface area contributed by atoms with Crippen LogP contribution in [-0.4, -0.2) is 4.21 Å². The summed E-state index contributed by atoms with van der Waals surface area (Å²) in [6.45, 7) is 0. The molecule has 1 heterocycles. The van der Waals surface area contributed by atoms with Crippen LogP contribution in [0.25, 0.3) is 0 Å². The molecule has 0 saturated heterocycles. The molecule has 1 nitrogen and oxygen atoms in total. The Morgan fingerprint density at radius 3 is 1.78 bits per heavy atom. The van der Waals surface area contributed by atoms with Gasteiger partial charge in [0.15, 0.2) is 14.7 Å². The average molecular weight is 345 g/mol. The molecule has 114 valence electrons. The van der Waals surface area contributed by atoms with E-state index in [9.17, 15) is 13.0 Å². The fraction of sp³-hybridized carbons (Fsp3) is 0. The molecule has 3 aromatic rings. The second-order valence-electron chi connectivity index (χ2n) is 5.07. The first-order valence-corrected chi connectivity index (χ1v) is 9.33. The molecule has 0 amide bonds. The molecule has 0 N–H and O–H groups in total. The highest BCUT2D eigenvalue weighted by Crippen LogP contribution is 2.43. The van der Waals surface area contributed by atoms with Crippen molar-refractivity contribution in [2.24, 2.45) is 0 Å². The van der Waals surface area contributed by atoms with Crippen LogP contribution in [0.3, 0.4) is 0 Å². The van der Waals surface area contributed by atoms with Gasteiger partial charge in [-0.3, -0.25) is 0 Å². The van der Waals surface area contributed by atoms with Crippen LogP contribution in [0.4, 0.5) is 8.78 Å². The SMILES string of the molecule is O=S1c2cc(F)ccc2[S+](c2ccccc2)c2ccc(F)cc21. The molecule has 1 aliphatic rings. The zero-order valence-electron chi connectivity index (χ0n) is 11.8. The Hall–Kier alpha value is -1.98. The van der Waals surface area contributed by atoms with Crippen molar-refractivity contribution in [3.05, 3.63) is 78.4 Å². The monoisotopic (exact) mass is 345 g/mol. The molecule has 0 fully saturated rings. The molecule has 4 rings (SSSR count). The Bertz CT molecular complexity index is 870. The van der Waals surface area contributed by atoms with Crippen molar-refractivity contribution in [2.75, 3.05) is 0 Å². The summed E-state index contributed by atoms with van der Waals surface area (Å²) in [4.78, 5) is 3.54. The molecular formula is C18H11F2OS2+. The predicted octanol–water partition coefficient (Wildman–Crippen LogP) is 4.54. The van der Waals surface area contributed by atoms with E-state index in [4.69, 9.17) is 0 Å². The van der Waals surface area contributed by atoms with Crippen molar-refractivity contribution in [3.63, 3.8) is 0 Å². The van der Waals surface area contributed by atoms with Crippen LogP contribution in [0.5, 0.6) is 0 Å². The third-order valence-electron chi connectivity index (χ3n) is 3.63. The van der Waals surface area contributed by atoms with Crippen molar-refractivity contribution in [1.29, 1.82) is 0 Å². The molecule has 0 spiro atoms. The summed E-state index contributed by atoms with van der Waals surface area (Å²) < 4.78 is 40.1. The van der Waals surface area contributed by atoms with Crippen molar-refractivity contribution < 1.29 is 13.0 Å². The van der Waals surface area contributed by atoms with Crippen molar-refractivity contribution in [3.8, 4) is 0 Å². The first kappa shape index (κ1) is 14.6. The largest absolute Gasteiger partial charge is 0.249 e. The Balaban J connectivity index is 2.04. The highest BCUT2D eigenvalue weighted by Gasteiger charge is 2.41. The summed E-state index contributed by atoms with van der Waals surface area (Å²) >= 11 is 0. The zero-order valence-corrected chi connectivity index (χ0v) is 13.5. The van der Waals surface area contributed by atoms with Crippen LogP contribution < -0.4 is 0 Å². The van der Waals surface area contributed by atoms with Crippen LogP contribution in [0.2, 0.25) is 0 Å². The molecule has 0 aliphatic carbocycles. The summed E-state index contributed by atoms with van der Waals surface area (Å²) in [7, 11) is -2.10. The first-order valence-electron chi connectivity index (χ1n) is 6.95. The van der Waals surface area contributed by atoms with Gasteiger partial charge in [-0.05, 0) is 48.5 Å². The van der Waals surface area contributed by atoms with Crippen LogP contribution in [0.15, 0.2) is 91.2 Å². The van der Waals surface area contributed by atoms with Crippen LogP contribution in [0.1, 0.15) is 0 Å². The lowest BCUT2D eigenvalue weighted by molar-refractivity contribution is 0.615. The number of hydrogen-bond donors (Lipinski definition) is 0. The van der Waals surface area contributed by atoms with E-state index < -0.39 is 33.3 Å². The molecule has 5 heteroatoms. The van der Waals surface area contributed by atoms with E-state index in [0.717, 1.165) is 14.7 Å². The summed E-state index contributed by atoms with van der Waals surface area (Å²) in [5.41, 5.74) is 0. The smallest absolute Gasteiger partial charge is 0.183 e. The van der Waals surface area contributed by atoms with Crippen molar-refractivity contribution in [2.45, 2.75) is 24.5 Å². The maximum absolute atomic E-state index is 13.6. The summed E-state index contributed by atoms with van der Waals surface area (Å²) in [6.07, 6.45) is 0. The number of rotatable bonds is 1. The van der Waals surface area contributed by atoms with Crippen LogP contribution in [-0.2, 0) is 21.7 Å². The maximum atomic E-state index is 13.6. The van der Waals surface area contributed by atoms with Gasteiger partial charge in [0.05, 0.1) is 10.8 Å². The second kappa shape index (κ2) is 5.58. The molecule has 1 aliphatic heterocycles. The minimum absolute atomic E-state index is 0.426. The molecule has 0 saturated carbocycles. The van der Waals surface area contributed by atoms with E-state index >= 15 is 0 Å². The minimum Gasteiger partial charge on any atom is -0.249 e. The number of benzene rings is 3. The minimum atomic E-state index is -1.58. The normalized spacial score (nSPS) is 19.0. The molecule has 0 atom stereocenters. The Kier molecular flexibility index (Phi) is 3.54. The van der Waals surface area contributed by atoms with Crippen LogP contribution in [0, 0.1) is 11.6 Å². The Morgan fingerprint density at radius 2 is 1.26 bits per heavy atom. The number of fused-ring (bicyclic) bond motifs is 2. The molecule has 0 aromatic heterocycles. The van der Waals surface area contributed by atoms with E-state index in [1.54, 1.807) is 12.1 Å². The van der Waals surface area contributed by atoms with Gasteiger partial charge in [0.25, 0.3) is 0 Å². The Morgan fingerprint density at radius 1 is 0.739 bits per heavy atom. The summed E-state index contributed by atoms with van der Waals surface area (Å²) in [5, 5.41) is 0. The maximum Gasteiger partial charge on any atom is 0.183 e. The lowest BCUT2D eigenvalue weighted by Crippen LogP contribution is -2.17. The molecule has 0 unspecified atom stereocenters. The van der Waals surface area contributed by atoms with Gasteiger partial charge < -0.3 is 0 Å². The van der Waals surface area contributed by atoms with Gasteiger partial charge in [0.2, 0.25) is 0 Å². The first-order chi connectivity index (χ1) is 11.1. The highest BCUT2D eigenvalue weighted by molar-refractivity contribution is 7.99. The van der Waals surface area contributed by atoms with Gasteiger partial charge in [0, 0.05) is 0 Å². The van der Waals surface area contributed by atoms with E-state index in [1.165, 1.54) is 24.3 Å². The fourth-order valence-electron chi connectivity index (χ4n) is 2.64. The highest BCUT2D eigenvalue weighted by atomic mass is 32.2. The van der Waals surface area contributed by atoms with E-state index in [1.807, 2.05) is 30.3 Å². The molecular weight excluding hydrogens is 334 g/mol. The molecule has 0 bridgehead atoms. The lowest BCUT2D eigenvalue weighted by atomic mass is 10.3. The average Bonchev–Trinajstić information content (AvgIpc) is 2.57. The topological polar surface area (TPSA) is 17.1 Å². The van der Waals surface area contributed by atoms with Gasteiger partial charge in [0.1, 0.15) is 32.3 Å². The number of halogens is 2. The number of hydrogen-bond acceptors (Lipinski definition) is 1. The third-order valence-corrected chi connectivity index (χ3v) is 7.70. The van der Waals surface area contributed by atoms with Crippen LogP contribution >= 0.6 is 0 Å². The summed E-state index contributed by atoms with van der Waals surface area (Å²) in [6, 6.07) is 18.5. The van der Waals surface area contributed by atoms with Gasteiger partial charge in [-0.1, -0.05) is 18.2 Å². The van der Waals surface area contributed by atoms with Crippen molar-refractivity contribution >= 4 is 21.7 Å². The molecule has 3 aromatic carbocycles. The second-order valence-corrected chi connectivity index (χ2v) is 8.45. The lowest BCUT2D eigenvalue weighted by Gasteiger charge is -2.19. The van der Waals surface area contributed by atoms with Gasteiger partial charge in [-0.15, -0.1) is 0 Å². The standard InChI is InChI=1S/C18H11F2OS2/c19-12-6-8-15-17(10-12)23(21)18-11-13(20)7-9-16(18)22(15)14-4-2-1-3-5-14/h1-11H/q+1. The third kappa shape index (κ3) is 2.40. The van der Waals surface area contributed by atoms with E-state index in [0.29, 0.717) is 9.79 Å². The molecule has 23 heavy (non-hydrogen) atoms. The quantitative estimate of drug-likeness (QED) is 0.463. The fourth-order valence-corrected chi connectivity index (χ4v) is 6.87. The van der Waals surface area contributed by atoms with Gasteiger partial charge >= 0.3 is 0 Å².